The maximum atomic E-state index is 11.5. The minimum Gasteiger partial charge on any atom is -0.467 e. The Hall–Kier alpha value is -1.10. The zero-order valence-corrected chi connectivity index (χ0v) is 8.72. The van der Waals surface area contributed by atoms with Crippen molar-refractivity contribution in [2.24, 2.45) is 5.92 Å². The molecule has 0 aromatic heterocycles. The largest absolute Gasteiger partial charge is 0.467 e. The van der Waals surface area contributed by atoms with Crippen molar-refractivity contribution < 1.29 is 14.3 Å². The van der Waals surface area contributed by atoms with Crippen LogP contribution in [0.4, 0.5) is 0 Å². The average Bonchev–Trinajstić information content (AvgIpc) is 1.98. The van der Waals surface area contributed by atoms with Gasteiger partial charge in [0.1, 0.15) is 5.54 Å². The van der Waals surface area contributed by atoms with Crippen molar-refractivity contribution in [1.29, 1.82) is 0 Å². The third-order valence-electron chi connectivity index (χ3n) is 2.28. The maximum absolute atomic E-state index is 11.5. The summed E-state index contributed by atoms with van der Waals surface area (Å²) in [6, 6.07) is 0. The number of hydrogen-bond acceptors (Lipinski definition) is 4. The number of nitrogens with one attached hydrogen (secondary N) is 2. The van der Waals surface area contributed by atoms with Gasteiger partial charge < -0.3 is 15.4 Å². The fraction of sp³-hybridized carbons (Fsp3) is 0.778. The van der Waals surface area contributed by atoms with E-state index in [1.165, 1.54) is 7.11 Å². The van der Waals surface area contributed by atoms with Crippen LogP contribution in [0.25, 0.3) is 0 Å². The fourth-order valence-electron chi connectivity index (χ4n) is 1.19. The second-order valence-electron chi connectivity index (χ2n) is 3.96. The first-order valence-corrected chi connectivity index (χ1v) is 4.58. The molecule has 1 rings (SSSR count). The van der Waals surface area contributed by atoms with Crippen LogP contribution in [0.1, 0.15) is 13.8 Å². The highest BCUT2D eigenvalue weighted by Gasteiger charge is 2.34. The Morgan fingerprint density at radius 1 is 1.43 bits per heavy atom. The lowest BCUT2D eigenvalue weighted by Crippen LogP contribution is -2.58. The molecule has 1 aliphatic heterocycles. The molecule has 1 aliphatic rings. The molecule has 0 unspecified atom stereocenters. The molecule has 14 heavy (non-hydrogen) atoms. The van der Waals surface area contributed by atoms with Gasteiger partial charge in [-0.3, -0.25) is 4.79 Å². The first-order chi connectivity index (χ1) is 6.47. The first kappa shape index (κ1) is 11.0. The SMILES string of the molecule is COC(=O)C(C)(C)NC(=O)C1CNC1. The second-order valence-corrected chi connectivity index (χ2v) is 3.96. The third-order valence-corrected chi connectivity index (χ3v) is 2.28. The van der Waals surface area contributed by atoms with Gasteiger partial charge in [0.15, 0.2) is 0 Å². The normalized spacial score (nSPS) is 17.1. The lowest BCUT2D eigenvalue weighted by atomic mass is 9.99. The topological polar surface area (TPSA) is 67.4 Å². The number of amides is 1. The van der Waals surface area contributed by atoms with Gasteiger partial charge in [0, 0.05) is 13.1 Å². The molecule has 1 saturated heterocycles. The molecule has 1 heterocycles. The van der Waals surface area contributed by atoms with E-state index in [-0.39, 0.29) is 11.8 Å². The van der Waals surface area contributed by atoms with Crippen molar-refractivity contribution in [2.75, 3.05) is 20.2 Å². The molecule has 5 heteroatoms. The van der Waals surface area contributed by atoms with Crippen molar-refractivity contribution in [3.8, 4) is 0 Å². The highest BCUT2D eigenvalue weighted by Crippen LogP contribution is 2.09. The van der Waals surface area contributed by atoms with Gasteiger partial charge in [0.05, 0.1) is 13.0 Å². The van der Waals surface area contributed by atoms with Crippen molar-refractivity contribution in [2.45, 2.75) is 19.4 Å². The molecule has 2 N–H and O–H groups in total. The van der Waals surface area contributed by atoms with Crippen molar-refractivity contribution >= 4 is 11.9 Å². The summed E-state index contributed by atoms with van der Waals surface area (Å²) in [5.74, 6) is -0.545. The van der Waals surface area contributed by atoms with E-state index in [9.17, 15) is 9.59 Å². The van der Waals surface area contributed by atoms with Gasteiger partial charge in [-0.2, -0.15) is 0 Å². The molecule has 0 atom stereocenters. The summed E-state index contributed by atoms with van der Waals surface area (Å²) in [5.41, 5.74) is -0.943. The van der Waals surface area contributed by atoms with Gasteiger partial charge in [-0.1, -0.05) is 0 Å². The Morgan fingerprint density at radius 3 is 2.36 bits per heavy atom. The monoisotopic (exact) mass is 200 g/mol. The minimum atomic E-state index is -0.943. The lowest BCUT2D eigenvalue weighted by Gasteiger charge is -2.30. The van der Waals surface area contributed by atoms with Crippen molar-refractivity contribution in [1.82, 2.24) is 10.6 Å². The first-order valence-electron chi connectivity index (χ1n) is 4.58. The van der Waals surface area contributed by atoms with E-state index in [1.807, 2.05) is 0 Å². The smallest absolute Gasteiger partial charge is 0.330 e. The predicted molar refractivity (Wildman–Crippen MR) is 50.6 cm³/mol. The van der Waals surface area contributed by atoms with E-state index in [4.69, 9.17) is 0 Å². The molecule has 0 spiro atoms. The molecule has 1 amide bonds. The van der Waals surface area contributed by atoms with Gasteiger partial charge in [0.25, 0.3) is 0 Å². The zero-order valence-electron chi connectivity index (χ0n) is 8.72. The van der Waals surface area contributed by atoms with Crippen LogP contribution in [0.2, 0.25) is 0 Å². The van der Waals surface area contributed by atoms with Crippen LogP contribution in [-0.2, 0) is 14.3 Å². The van der Waals surface area contributed by atoms with E-state index >= 15 is 0 Å². The van der Waals surface area contributed by atoms with E-state index < -0.39 is 11.5 Å². The van der Waals surface area contributed by atoms with Crippen LogP contribution >= 0.6 is 0 Å². The van der Waals surface area contributed by atoms with Gasteiger partial charge in [-0.05, 0) is 13.8 Å². The highest BCUT2D eigenvalue weighted by atomic mass is 16.5. The Labute approximate surface area is 83.2 Å². The molecule has 0 aromatic carbocycles. The molecule has 0 aliphatic carbocycles. The number of carbonyl (C=O) groups excluding carboxylic acids is 2. The van der Waals surface area contributed by atoms with Crippen LogP contribution in [0.15, 0.2) is 0 Å². The lowest BCUT2D eigenvalue weighted by molar-refractivity contribution is -0.150. The second kappa shape index (κ2) is 3.96. The van der Waals surface area contributed by atoms with Crippen LogP contribution < -0.4 is 10.6 Å². The third kappa shape index (κ3) is 2.23. The summed E-state index contributed by atoms with van der Waals surface area (Å²) in [5, 5.41) is 5.65. The zero-order chi connectivity index (χ0) is 10.8. The van der Waals surface area contributed by atoms with Gasteiger partial charge in [0.2, 0.25) is 5.91 Å². The summed E-state index contributed by atoms with van der Waals surface area (Å²) in [6.45, 7) is 4.62. The highest BCUT2D eigenvalue weighted by molar-refractivity contribution is 5.88. The quantitative estimate of drug-likeness (QED) is 0.590. The van der Waals surface area contributed by atoms with Gasteiger partial charge in [-0.25, -0.2) is 4.79 Å². The van der Waals surface area contributed by atoms with E-state index in [1.54, 1.807) is 13.8 Å². The molecule has 80 valence electrons. The number of methoxy groups -OCH3 is 1. The standard InChI is InChI=1S/C9H16N2O3/c1-9(2,8(13)14-3)11-7(12)6-4-10-5-6/h6,10H,4-5H2,1-3H3,(H,11,12). The van der Waals surface area contributed by atoms with Crippen LogP contribution in [0, 0.1) is 5.92 Å². The number of carbonyl (C=O) groups is 2. The Morgan fingerprint density at radius 2 is 2.00 bits per heavy atom. The van der Waals surface area contributed by atoms with E-state index in [0.717, 1.165) is 0 Å². The predicted octanol–water partition coefficient (Wildman–Crippen LogP) is -0.726. The Kier molecular flexibility index (Phi) is 3.10. The summed E-state index contributed by atoms with van der Waals surface area (Å²) in [7, 11) is 1.31. The molecular weight excluding hydrogens is 184 g/mol. The van der Waals surface area contributed by atoms with Gasteiger partial charge in [-0.15, -0.1) is 0 Å². The van der Waals surface area contributed by atoms with E-state index in [0.29, 0.717) is 13.1 Å². The number of ether oxygens (including phenoxy) is 1. The minimum absolute atomic E-state index is 0.0149. The maximum Gasteiger partial charge on any atom is 0.330 e. The molecule has 0 saturated carbocycles. The molecule has 5 nitrogen and oxygen atoms in total. The summed E-state index contributed by atoms with van der Waals surface area (Å²) in [4.78, 5) is 22.7. The average molecular weight is 200 g/mol. The molecule has 1 fully saturated rings. The number of esters is 1. The molecule has 0 aromatic rings. The van der Waals surface area contributed by atoms with Crippen molar-refractivity contribution in [3.05, 3.63) is 0 Å². The Balaban J connectivity index is 2.48. The van der Waals surface area contributed by atoms with Crippen LogP contribution in [0.5, 0.6) is 0 Å². The number of rotatable bonds is 3. The molecule has 0 radical (unpaired) electrons. The summed E-state index contributed by atoms with van der Waals surface area (Å²) in [6.07, 6.45) is 0. The van der Waals surface area contributed by atoms with E-state index in [2.05, 4.69) is 15.4 Å². The summed E-state index contributed by atoms with van der Waals surface area (Å²) >= 11 is 0. The van der Waals surface area contributed by atoms with Gasteiger partial charge >= 0.3 is 5.97 Å². The van der Waals surface area contributed by atoms with Crippen LogP contribution in [0.3, 0.4) is 0 Å². The molecular formula is C9H16N2O3. The summed E-state index contributed by atoms with van der Waals surface area (Å²) < 4.78 is 4.58. The number of hydrogen-bond donors (Lipinski definition) is 2. The van der Waals surface area contributed by atoms with Crippen LogP contribution in [-0.4, -0.2) is 37.6 Å². The van der Waals surface area contributed by atoms with Crippen molar-refractivity contribution in [3.63, 3.8) is 0 Å². The Bertz CT molecular complexity index is 246. The molecule has 0 bridgehead atoms. The fourth-order valence-corrected chi connectivity index (χ4v) is 1.19.